The fourth-order valence-electron chi connectivity index (χ4n) is 0.995. The maximum Gasteiger partial charge on any atom is 0.408 e. The number of oxazole rings is 1. The molecule has 0 aliphatic carbocycles. The molecule has 0 saturated carbocycles. The van der Waals surface area contributed by atoms with Crippen LogP contribution in [-0.2, 0) is 4.74 Å². The van der Waals surface area contributed by atoms with Crippen LogP contribution >= 0.6 is 0 Å². The van der Waals surface area contributed by atoms with Crippen LogP contribution in [0, 0.1) is 0 Å². The quantitative estimate of drug-likeness (QED) is 0.816. The van der Waals surface area contributed by atoms with Gasteiger partial charge in [-0.25, -0.2) is 9.78 Å². The fourth-order valence-corrected chi connectivity index (χ4v) is 0.995. The number of aromatic nitrogens is 1. The molecule has 0 aromatic carbocycles. The van der Waals surface area contributed by atoms with Gasteiger partial charge in [-0.05, 0) is 27.7 Å². The molecular weight excluding hydrogens is 196 g/mol. The zero-order chi connectivity index (χ0) is 11.5. The van der Waals surface area contributed by atoms with Gasteiger partial charge in [0, 0.05) is 0 Å². The van der Waals surface area contributed by atoms with Crippen molar-refractivity contribution in [1.82, 2.24) is 10.3 Å². The summed E-state index contributed by atoms with van der Waals surface area (Å²) in [5.41, 5.74) is -0.495. The van der Waals surface area contributed by atoms with Crippen molar-refractivity contribution in [3.8, 4) is 0 Å². The minimum atomic E-state index is -0.495. The number of carbonyl (C=O) groups excluding carboxylic acids is 1. The van der Waals surface area contributed by atoms with Gasteiger partial charge in [0.25, 0.3) is 0 Å². The topological polar surface area (TPSA) is 64.4 Å². The van der Waals surface area contributed by atoms with Crippen LogP contribution in [0.3, 0.4) is 0 Å². The molecule has 1 atom stereocenters. The second kappa shape index (κ2) is 4.33. The van der Waals surface area contributed by atoms with Gasteiger partial charge in [-0.15, -0.1) is 0 Å². The molecule has 0 spiro atoms. The minimum absolute atomic E-state index is 0.248. The van der Waals surface area contributed by atoms with Crippen LogP contribution in [0.2, 0.25) is 0 Å². The minimum Gasteiger partial charge on any atom is -0.446 e. The van der Waals surface area contributed by atoms with Gasteiger partial charge in [-0.3, -0.25) is 0 Å². The van der Waals surface area contributed by atoms with E-state index in [1.165, 1.54) is 6.39 Å². The van der Waals surface area contributed by atoms with E-state index < -0.39 is 11.7 Å². The number of hydrogen-bond donors (Lipinski definition) is 1. The van der Waals surface area contributed by atoms with E-state index in [9.17, 15) is 4.79 Å². The highest BCUT2D eigenvalue weighted by Gasteiger charge is 2.19. The molecule has 0 aliphatic heterocycles. The maximum absolute atomic E-state index is 11.4. The molecule has 0 bridgehead atoms. The van der Waals surface area contributed by atoms with E-state index in [1.54, 1.807) is 13.1 Å². The summed E-state index contributed by atoms with van der Waals surface area (Å²) < 4.78 is 10.1. The number of carbonyl (C=O) groups is 1. The van der Waals surface area contributed by atoms with E-state index in [0.29, 0.717) is 5.76 Å². The van der Waals surface area contributed by atoms with Crippen molar-refractivity contribution in [2.24, 2.45) is 0 Å². The van der Waals surface area contributed by atoms with Gasteiger partial charge in [-0.1, -0.05) is 0 Å². The van der Waals surface area contributed by atoms with Gasteiger partial charge in [-0.2, -0.15) is 0 Å². The first-order valence-electron chi connectivity index (χ1n) is 4.76. The number of hydrogen-bond acceptors (Lipinski definition) is 4. The van der Waals surface area contributed by atoms with Gasteiger partial charge in [0.15, 0.2) is 6.39 Å². The SMILES string of the molecule is C[C@@H](NC(=O)OC(C)(C)C)c1cnco1. The maximum atomic E-state index is 11.4. The van der Waals surface area contributed by atoms with Crippen molar-refractivity contribution in [3.05, 3.63) is 18.4 Å². The first-order valence-corrected chi connectivity index (χ1v) is 4.76. The van der Waals surface area contributed by atoms with Crippen LogP contribution in [0.4, 0.5) is 4.79 Å². The first-order chi connectivity index (χ1) is 6.88. The van der Waals surface area contributed by atoms with Crippen molar-refractivity contribution in [1.29, 1.82) is 0 Å². The molecule has 5 nitrogen and oxygen atoms in total. The number of ether oxygens (including phenoxy) is 1. The lowest BCUT2D eigenvalue weighted by Crippen LogP contribution is -2.33. The Labute approximate surface area is 88.8 Å². The molecule has 0 radical (unpaired) electrons. The van der Waals surface area contributed by atoms with E-state index in [0.717, 1.165) is 0 Å². The summed E-state index contributed by atoms with van der Waals surface area (Å²) in [5, 5.41) is 2.64. The number of alkyl carbamates (subject to hydrolysis) is 1. The molecule has 1 aromatic rings. The third-order valence-electron chi connectivity index (χ3n) is 1.61. The van der Waals surface area contributed by atoms with E-state index >= 15 is 0 Å². The Bertz CT molecular complexity index is 314. The van der Waals surface area contributed by atoms with Gasteiger partial charge in [0.05, 0.1) is 12.2 Å². The summed E-state index contributed by atoms with van der Waals surface area (Å²) in [6, 6.07) is -0.248. The van der Waals surface area contributed by atoms with Crippen LogP contribution < -0.4 is 5.32 Å². The Hall–Kier alpha value is -1.52. The molecule has 1 rings (SSSR count). The zero-order valence-corrected chi connectivity index (χ0v) is 9.40. The molecule has 0 fully saturated rings. The van der Waals surface area contributed by atoms with Crippen LogP contribution in [0.15, 0.2) is 17.0 Å². The lowest BCUT2D eigenvalue weighted by molar-refractivity contribution is 0.0502. The summed E-state index contributed by atoms with van der Waals surface area (Å²) in [5.74, 6) is 0.598. The van der Waals surface area contributed by atoms with E-state index in [2.05, 4.69) is 10.3 Å². The summed E-state index contributed by atoms with van der Waals surface area (Å²) in [6.07, 6.45) is 2.41. The van der Waals surface area contributed by atoms with Crippen molar-refractivity contribution >= 4 is 6.09 Å². The zero-order valence-electron chi connectivity index (χ0n) is 9.40. The molecular formula is C10H16N2O3. The Morgan fingerprint density at radius 2 is 2.27 bits per heavy atom. The van der Waals surface area contributed by atoms with Gasteiger partial charge < -0.3 is 14.5 Å². The monoisotopic (exact) mass is 212 g/mol. The van der Waals surface area contributed by atoms with Crippen LogP contribution in [0.5, 0.6) is 0 Å². The Morgan fingerprint density at radius 1 is 1.60 bits per heavy atom. The molecule has 84 valence electrons. The molecule has 0 unspecified atom stereocenters. The lowest BCUT2D eigenvalue weighted by Gasteiger charge is -2.21. The lowest BCUT2D eigenvalue weighted by atomic mass is 10.2. The van der Waals surface area contributed by atoms with Crippen molar-refractivity contribution in [2.75, 3.05) is 0 Å². The summed E-state index contributed by atoms with van der Waals surface area (Å²) in [6.45, 7) is 7.23. The van der Waals surface area contributed by atoms with Crippen LogP contribution in [0.25, 0.3) is 0 Å². The smallest absolute Gasteiger partial charge is 0.408 e. The Kier molecular flexibility index (Phi) is 3.34. The summed E-state index contributed by atoms with van der Waals surface area (Å²) in [7, 11) is 0. The van der Waals surface area contributed by atoms with Crippen molar-refractivity contribution in [2.45, 2.75) is 39.3 Å². The largest absolute Gasteiger partial charge is 0.446 e. The summed E-state index contributed by atoms with van der Waals surface area (Å²) in [4.78, 5) is 15.1. The standard InChI is InChI=1S/C10H16N2O3/c1-7(8-5-11-6-14-8)12-9(13)15-10(2,3)4/h5-7H,1-4H3,(H,12,13)/t7-/m1/s1. The fraction of sp³-hybridized carbons (Fsp3) is 0.600. The molecule has 1 aromatic heterocycles. The average molecular weight is 212 g/mol. The third kappa shape index (κ3) is 4.01. The highest BCUT2D eigenvalue weighted by atomic mass is 16.6. The van der Waals surface area contributed by atoms with E-state index in [4.69, 9.17) is 9.15 Å². The molecule has 0 aliphatic rings. The second-order valence-electron chi connectivity index (χ2n) is 4.27. The average Bonchev–Trinajstić information content (AvgIpc) is 2.50. The van der Waals surface area contributed by atoms with E-state index in [-0.39, 0.29) is 6.04 Å². The summed E-state index contributed by atoms with van der Waals surface area (Å²) >= 11 is 0. The molecule has 5 heteroatoms. The third-order valence-corrected chi connectivity index (χ3v) is 1.61. The second-order valence-corrected chi connectivity index (χ2v) is 4.27. The number of nitrogens with zero attached hydrogens (tertiary/aromatic N) is 1. The number of rotatable bonds is 2. The predicted octanol–water partition coefficient (Wildman–Crippen LogP) is 2.26. The molecule has 1 amide bonds. The molecule has 0 saturated heterocycles. The Balaban J connectivity index is 2.45. The van der Waals surface area contributed by atoms with Gasteiger partial charge in [0.1, 0.15) is 11.4 Å². The van der Waals surface area contributed by atoms with Crippen LogP contribution in [-0.4, -0.2) is 16.7 Å². The molecule has 1 N–H and O–H groups in total. The first kappa shape index (κ1) is 11.6. The van der Waals surface area contributed by atoms with E-state index in [1.807, 2.05) is 20.8 Å². The Morgan fingerprint density at radius 3 is 2.73 bits per heavy atom. The normalized spacial score (nSPS) is 13.3. The van der Waals surface area contributed by atoms with Gasteiger partial charge in [0.2, 0.25) is 0 Å². The van der Waals surface area contributed by atoms with Crippen molar-refractivity contribution in [3.63, 3.8) is 0 Å². The predicted molar refractivity (Wildman–Crippen MR) is 54.3 cm³/mol. The van der Waals surface area contributed by atoms with Crippen LogP contribution in [0.1, 0.15) is 39.5 Å². The number of nitrogens with one attached hydrogen (secondary N) is 1. The molecule has 15 heavy (non-hydrogen) atoms. The highest BCUT2D eigenvalue weighted by molar-refractivity contribution is 5.68. The number of amides is 1. The molecule has 1 heterocycles. The van der Waals surface area contributed by atoms with Gasteiger partial charge >= 0.3 is 6.09 Å². The van der Waals surface area contributed by atoms with Crippen molar-refractivity contribution < 1.29 is 13.9 Å². The highest BCUT2D eigenvalue weighted by Crippen LogP contribution is 2.12.